The summed E-state index contributed by atoms with van der Waals surface area (Å²) >= 11 is 0. The fraction of sp³-hybridized carbons (Fsp3) is 0.622. The van der Waals surface area contributed by atoms with Gasteiger partial charge in [-0.25, -0.2) is 8.42 Å². The van der Waals surface area contributed by atoms with Crippen molar-refractivity contribution in [1.29, 1.82) is 0 Å². The summed E-state index contributed by atoms with van der Waals surface area (Å²) in [6.45, 7) is 1.92. The van der Waals surface area contributed by atoms with Gasteiger partial charge in [0.25, 0.3) is 0 Å². The van der Waals surface area contributed by atoms with E-state index < -0.39 is 16.1 Å². The molecule has 244 valence electrons. The van der Waals surface area contributed by atoms with Gasteiger partial charge >= 0.3 is 0 Å². The molecule has 5 fully saturated rings. The van der Waals surface area contributed by atoms with Gasteiger partial charge in [-0.3, -0.25) is 13.9 Å². The molecule has 5 aliphatic carbocycles. The van der Waals surface area contributed by atoms with E-state index in [0.717, 1.165) is 55.3 Å². The summed E-state index contributed by atoms with van der Waals surface area (Å²) in [5, 5.41) is 3.21. The zero-order chi connectivity index (χ0) is 31.6. The van der Waals surface area contributed by atoms with Crippen molar-refractivity contribution in [2.24, 2.45) is 17.8 Å². The van der Waals surface area contributed by atoms with Gasteiger partial charge in [-0.15, -0.1) is 0 Å². The van der Waals surface area contributed by atoms with E-state index >= 15 is 0 Å². The first-order valence-electron chi connectivity index (χ1n) is 17.4. The van der Waals surface area contributed by atoms with Crippen LogP contribution in [0.4, 0.5) is 5.69 Å². The van der Waals surface area contributed by atoms with Crippen molar-refractivity contribution in [1.82, 2.24) is 10.2 Å². The quantitative estimate of drug-likeness (QED) is 0.301. The summed E-state index contributed by atoms with van der Waals surface area (Å²) < 4.78 is 27.6. The number of nitrogens with one attached hydrogen (secondary N) is 1. The zero-order valence-electron chi connectivity index (χ0n) is 27.1. The number of rotatable bonds is 12. The van der Waals surface area contributed by atoms with Gasteiger partial charge in [0, 0.05) is 12.6 Å². The highest BCUT2D eigenvalue weighted by Crippen LogP contribution is 2.60. The Kier molecular flexibility index (Phi) is 9.60. The number of amides is 2. The van der Waals surface area contributed by atoms with Crippen LogP contribution >= 0.6 is 0 Å². The average molecular weight is 634 g/mol. The van der Waals surface area contributed by atoms with E-state index in [9.17, 15) is 18.0 Å². The van der Waals surface area contributed by atoms with E-state index in [0.29, 0.717) is 25.1 Å². The van der Waals surface area contributed by atoms with Crippen LogP contribution in [0.15, 0.2) is 54.6 Å². The number of benzene rings is 2. The van der Waals surface area contributed by atoms with Crippen molar-refractivity contribution in [3.8, 4) is 0 Å². The predicted molar refractivity (Wildman–Crippen MR) is 179 cm³/mol. The van der Waals surface area contributed by atoms with Crippen molar-refractivity contribution in [3.05, 3.63) is 65.7 Å². The molecule has 0 spiro atoms. The summed E-state index contributed by atoms with van der Waals surface area (Å²) in [5.74, 6) is 1.98. The minimum atomic E-state index is -3.76. The maximum absolute atomic E-state index is 14.1. The highest BCUT2D eigenvalue weighted by Gasteiger charge is 2.51. The number of nitrogens with zero attached hydrogens (tertiary/aromatic N) is 2. The van der Waals surface area contributed by atoms with Gasteiger partial charge in [-0.1, -0.05) is 68.7 Å². The van der Waals surface area contributed by atoms with E-state index in [1.54, 1.807) is 4.90 Å². The highest BCUT2D eigenvalue weighted by molar-refractivity contribution is 7.92. The molecule has 2 aromatic rings. The summed E-state index contributed by atoms with van der Waals surface area (Å²) in [6, 6.07) is 17.4. The lowest BCUT2D eigenvalue weighted by Crippen LogP contribution is -2.54. The van der Waals surface area contributed by atoms with Crippen molar-refractivity contribution < 1.29 is 18.0 Å². The Morgan fingerprint density at radius 3 is 2.04 bits per heavy atom. The molecular formula is C37H51N3O4S. The second-order valence-corrected chi connectivity index (χ2v) is 16.5. The Balaban J connectivity index is 1.22. The number of hydrogen-bond acceptors (Lipinski definition) is 4. The van der Waals surface area contributed by atoms with E-state index in [1.165, 1.54) is 54.8 Å². The Morgan fingerprint density at radius 1 is 0.889 bits per heavy atom. The smallest absolute Gasteiger partial charge is 0.244 e. The first-order valence-corrected chi connectivity index (χ1v) is 19.2. The molecule has 0 unspecified atom stereocenters. The van der Waals surface area contributed by atoms with E-state index in [2.05, 4.69) is 17.4 Å². The minimum Gasteiger partial charge on any atom is -0.352 e. The standard InChI is InChI=1S/C37H51N3O4S/c1-3-34(36(42)38-32-12-8-5-9-13-32)39(19-18-27-10-6-4-7-11-27)35(41)26-40(45(2,43)44)33-16-14-31(15-17-33)37-23-28-20-29(24-37)22-30(21-28)25-37/h4,6-7,10-11,14-17,28-30,32,34H,3,5,8-9,12-13,18-26H2,1-2H3,(H,38,42)/t28?,29?,30?,34-,37?/m0/s1. The summed E-state index contributed by atoms with van der Waals surface area (Å²) in [5.41, 5.74) is 3.10. The van der Waals surface area contributed by atoms with Crippen molar-refractivity contribution in [2.75, 3.05) is 23.7 Å². The molecule has 5 saturated carbocycles. The molecule has 0 heterocycles. The minimum absolute atomic E-state index is 0.131. The topological polar surface area (TPSA) is 86.8 Å². The van der Waals surface area contributed by atoms with Crippen molar-refractivity contribution >= 4 is 27.5 Å². The molecule has 0 radical (unpaired) electrons. The van der Waals surface area contributed by atoms with Gasteiger partial charge in [-0.2, -0.15) is 0 Å². The molecule has 5 aliphatic rings. The second kappa shape index (κ2) is 13.5. The van der Waals surface area contributed by atoms with Gasteiger partial charge < -0.3 is 10.2 Å². The molecule has 1 N–H and O–H groups in total. The van der Waals surface area contributed by atoms with Crippen LogP contribution in [0, 0.1) is 17.8 Å². The number of carbonyl (C=O) groups is 2. The van der Waals surface area contributed by atoms with E-state index in [4.69, 9.17) is 0 Å². The van der Waals surface area contributed by atoms with Gasteiger partial charge in [-0.05, 0) is 111 Å². The normalized spacial score (nSPS) is 26.8. The number of anilines is 1. The first-order chi connectivity index (χ1) is 21.6. The van der Waals surface area contributed by atoms with Gasteiger partial charge in [0.05, 0.1) is 11.9 Å². The zero-order valence-corrected chi connectivity index (χ0v) is 27.9. The molecule has 0 aromatic heterocycles. The number of carbonyl (C=O) groups excluding carboxylic acids is 2. The molecule has 0 saturated heterocycles. The Bertz CT molecular complexity index is 1400. The fourth-order valence-electron chi connectivity index (χ4n) is 9.50. The predicted octanol–water partition coefficient (Wildman–Crippen LogP) is 6.22. The second-order valence-electron chi connectivity index (χ2n) is 14.6. The third-order valence-corrected chi connectivity index (χ3v) is 12.4. The van der Waals surface area contributed by atoms with E-state index in [-0.39, 0.29) is 29.8 Å². The van der Waals surface area contributed by atoms with Gasteiger partial charge in [0.1, 0.15) is 12.6 Å². The maximum atomic E-state index is 14.1. The molecule has 7 rings (SSSR count). The largest absolute Gasteiger partial charge is 0.352 e. The monoisotopic (exact) mass is 633 g/mol. The lowest BCUT2D eigenvalue weighted by Gasteiger charge is -2.57. The van der Waals surface area contributed by atoms with Crippen LogP contribution < -0.4 is 9.62 Å². The summed E-state index contributed by atoms with van der Waals surface area (Å²) in [6.07, 6.45) is 15.4. The lowest BCUT2D eigenvalue weighted by atomic mass is 9.48. The molecular weight excluding hydrogens is 582 g/mol. The molecule has 8 heteroatoms. The lowest BCUT2D eigenvalue weighted by molar-refractivity contribution is -0.140. The third kappa shape index (κ3) is 7.26. The van der Waals surface area contributed by atoms with Crippen LogP contribution in [0.5, 0.6) is 0 Å². The van der Waals surface area contributed by atoms with Crippen molar-refractivity contribution in [3.63, 3.8) is 0 Å². The molecule has 2 amide bonds. The van der Waals surface area contributed by atoms with E-state index in [1.807, 2.05) is 49.4 Å². The highest BCUT2D eigenvalue weighted by atomic mass is 32.2. The molecule has 2 aromatic carbocycles. The van der Waals surface area contributed by atoms with Gasteiger partial charge in [0.15, 0.2) is 0 Å². The summed E-state index contributed by atoms with van der Waals surface area (Å²) in [4.78, 5) is 29.4. The Morgan fingerprint density at radius 2 is 1.49 bits per heavy atom. The van der Waals surface area contributed by atoms with Crippen LogP contribution in [-0.4, -0.2) is 56.6 Å². The summed E-state index contributed by atoms with van der Waals surface area (Å²) in [7, 11) is -3.76. The molecule has 1 atom stereocenters. The van der Waals surface area contributed by atoms with Crippen LogP contribution in [0.1, 0.15) is 95.1 Å². The first kappa shape index (κ1) is 32.1. The number of sulfonamides is 1. The molecule has 7 nitrogen and oxygen atoms in total. The van der Waals surface area contributed by atoms with Crippen molar-refractivity contribution in [2.45, 2.75) is 108 Å². The fourth-order valence-corrected chi connectivity index (χ4v) is 10.3. The maximum Gasteiger partial charge on any atom is 0.244 e. The average Bonchev–Trinajstić information content (AvgIpc) is 3.01. The van der Waals surface area contributed by atoms with Crippen LogP contribution in [0.25, 0.3) is 0 Å². The van der Waals surface area contributed by atoms with Crippen LogP contribution in [0.2, 0.25) is 0 Å². The Labute approximate surface area is 270 Å². The van der Waals surface area contributed by atoms with Crippen LogP contribution in [0.3, 0.4) is 0 Å². The third-order valence-electron chi connectivity index (χ3n) is 11.3. The molecule has 0 aliphatic heterocycles. The Hall–Kier alpha value is -2.87. The SMILES string of the molecule is CC[C@@H](C(=O)NC1CCCCC1)N(CCc1ccccc1)C(=O)CN(c1ccc(C23CC4CC(CC(C4)C2)C3)cc1)S(C)(=O)=O. The molecule has 45 heavy (non-hydrogen) atoms. The molecule has 4 bridgehead atoms. The van der Waals surface area contributed by atoms with Crippen LogP contribution in [-0.2, 0) is 31.4 Å². The number of hydrogen-bond donors (Lipinski definition) is 1. The van der Waals surface area contributed by atoms with Gasteiger partial charge in [0.2, 0.25) is 21.8 Å².